The lowest BCUT2D eigenvalue weighted by Gasteiger charge is -2.19. The predicted molar refractivity (Wildman–Crippen MR) is 124 cm³/mol. The molecule has 4 nitrogen and oxygen atoms in total. The molecule has 2 aromatic rings. The van der Waals surface area contributed by atoms with E-state index in [2.05, 4.69) is 15.9 Å². The van der Waals surface area contributed by atoms with Gasteiger partial charge in [0.05, 0.1) is 11.1 Å². The number of hydrogen-bond acceptors (Lipinski definition) is 2. The Morgan fingerprint density at radius 1 is 1.00 bits per heavy atom. The third kappa shape index (κ3) is 9.41. The van der Waals surface area contributed by atoms with E-state index in [1.807, 2.05) is 0 Å². The molecule has 0 bridgehead atoms. The van der Waals surface area contributed by atoms with Gasteiger partial charge in [-0.05, 0) is 48.9 Å². The van der Waals surface area contributed by atoms with Gasteiger partial charge in [0.25, 0.3) is 5.91 Å². The lowest BCUT2D eigenvalue weighted by Crippen LogP contribution is -2.47. The molecule has 0 aliphatic rings. The van der Waals surface area contributed by atoms with E-state index in [1.165, 1.54) is 11.4 Å². The van der Waals surface area contributed by atoms with Gasteiger partial charge in [0.2, 0.25) is 5.91 Å². The zero-order chi connectivity index (χ0) is 29.9. The van der Waals surface area contributed by atoms with Gasteiger partial charge in [0.15, 0.2) is 0 Å². The van der Waals surface area contributed by atoms with Crippen molar-refractivity contribution >= 4 is 45.2 Å². The maximum Gasteiger partial charge on any atom is 0.417 e. The van der Waals surface area contributed by atoms with Crippen LogP contribution in [0.4, 0.5) is 43.9 Å². The first-order valence-corrected chi connectivity index (χ1v) is 11.6. The van der Waals surface area contributed by atoms with E-state index >= 15 is 0 Å². The zero-order valence-corrected chi connectivity index (χ0v) is 21.6. The van der Waals surface area contributed by atoms with Crippen LogP contribution in [-0.4, -0.2) is 36.8 Å². The molecule has 214 valence electrons. The van der Waals surface area contributed by atoms with E-state index in [4.69, 9.17) is 11.6 Å². The second-order valence-electron chi connectivity index (χ2n) is 8.02. The molecule has 2 rings (SSSR count). The van der Waals surface area contributed by atoms with E-state index < -0.39 is 76.9 Å². The minimum atomic E-state index is -5.31. The van der Waals surface area contributed by atoms with E-state index in [-0.39, 0.29) is 21.6 Å². The Kier molecular flexibility index (Phi) is 10.1. The Hall–Kier alpha value is -2.81. The van der Waals surface area contributed by atoms with Crippen LogP contribution in [0.3, 0.4) is 0 Å². The smallest absolute Gasteiger partial charge is 0.345 e. The number of carbonyl (C=O) groups is 2. The molecule has 2 N–H and O–H groups in total. The molecule has 0 aliphatic carbocycles. The number of carbonyl (C=O) groups excluding carboxylic acids is 2. The number of amides is 2. The van der Waals surface area contributed by atoms with E-state index in [0.29, 0.717) is 12.1 Å². The van der Waals surface area contributed by atoms with Gasteiger partial charge in [0, 0.05) is 15.1 Å². The van der Waals surface area contributed by atoms with Crippen LogP contribution in [0.25, 0.3) is 5.83 Å². The van der Waals surface area contributed by atoms with Gasteiger partial charge in [-0.25, -0.2) is 4.39 Å². The first-order valence-electron chi connectivity index (χ1n) is 10.5. The predicted octanol–water partition coefficient (Wildman–Crippen LogP) is 7.57. The topological polar surface area (TPSA) is 58.2 Å². The van der Waals surface area contributed by atoms with Crippen molar-refractivity contribution in [2.24, 2.45) is 0 Å². The third-order valence-electron chi connectivity index (χ3n) is 4.96. The summed E-state index contributed by atoms with van der Waals surface area (Å²) in [5, 5.41) is 3.10. The number of nitrogens with one attached hydrogen (secondary N) is 2. The van der Waals surface area contributed by atoms with Crippen molar-refractivity contribution in [1.82, 2.24) is 10.6 Å². The monoisotopic (exact) mass is 656 g/mol. The molecule has 0 saturated heterocycles. The summed E-state index contributed by atoms with van der Waals surface area (Å²) in [7, 11) is 0. The molecule has 16 heteroatoms. The van der Waals surface area contributed by atoms with Gasteiger partial charge in [-0.1, -0.05) is 33.6 Å². The number of rotatable bonds is 7. The van der Waals surface area contributed by atoms with Crippen molar-refractivity contribution in [3.05, 3.63) is 74.2 Å². The van der Waals surface area contributed by atoms with Crippen LogP contribution in [0.1, 0.15) is 39.9 Å². The summed E-state index contributed by atoms with van der Waals surface area (Å²) in [6.07, 6.45) is -15.1. The molecule has 0 heterocycles. The Labute approximate surface area is 227 Å². The molecule has 0 spiro atoms. The molecule has 2 aromatic carbocycles. The summed E-state index contributed by atoms with van der Waals surface area (Å²) in [4.78, 5) is 24.1. The van der Waals surface area contributed by atoms with Crippen molar-refractivity contribution in [3.8, 4) is 0 Å². The van der Waals surface area contributed by atoms with Gasteiger partial charge < -0.3 is 10.6 Å². The highest BCUT2D eigenvalue weighted by Gasteiger charge is 2.41. The first-order chi connectivity index (χ1) is 17.7. The maximum atomic E-state index is 14.9. The Bertz CT molecular complexity index is 1240. The number of benzene rings is 2. The average molecular weight is 658 g/mol. The molecule has 0 fully saturated rings. The minimum Gasteiger partial charge on any atom is -0.345 e. The van der Waals surface area contributed by atoms with Crippen molar-refractivity contribution in [1.29, 1.82) is 0 Å². The largest absolute Gasteiger partial charge is 0.417 e. The zero-order valence-electron chi connectivity index (χ0n) is 19.3. The Morgan fingerprint density at radius 3 is 2.13 bits per heavy atom. The standard InChI is InChI=1S/C23H16BrClF10N2O2/c1-10(19(38)36-9-21(27,28)29)37-20(39)15-3-2-11(6-17(15)23(33,34)35)18(26)8-16(22(30,31)32)12-4-13(24)7-14(25)5-12/h2-8,10,16H,9H2,1H3,(H,36,38)(H,37,39)/b18-8-/t10-,16?/m1/s1. The number of alkyl halides is 9. The lowest BCUT2D eigenvalue weighted by molar-refractivity contribution is -0.140. The van der Waals surface area contributed by atoms with Gasteiger partial charge in [-0.2, -0.15) is 39.5 Å². The SMILES string of the molecule is C[C@@H](NC(=O)c1ccc(/C(F)=C/C(c2cc(Cl)cc(Br)c2)C(F)(F)F)cc1C(F)(F)F)C(=O)NCC(F)(F)F. The summed E-state index contributed by atoms with van der Waals surface area (Å²) < 4.78 is 134. The molecule has 0 aliphatic heterocycles. The fourth-order valence-electron chi connectivity index (χ4n) is 3.18. The Balaban J connectivity index is 2.43. The average Bonchev–Trinajstić information content (AvgIpc) is 2.77. The minimum absolute atomic E-state index is 0.0421. The van der Waals surface area contributed by atoms with E-state index in [0.717, 1.165) is 19.1 Å². The quantitative estimate of drug-likeness (QED) is 0.302. The van der Waals surface area contributed by atoms with Crippen molar-refractivity contribution in [2.45, 2.75) is 37.4 Å². The summed E-state index contributed by atoms with van der Waals surface area (Å²) >= 11 is 8.71. The van der Waals surface area contributed by atoms with Crippen LogP contribution in [0, 0.1) is 0 Å². The molecular weight excluding hydrogens is 642 g/mol. The third-order valence-corrected chi connectivity index (χ3v) is 5.64. The second kappa shape index (κ2) is 12.1. The fraction of sp³-hybridized carbons (Fsp3) is 0.304. The molecule has 2 amide bonds. The highest BCUT2D eigenvalue weighted by atomic mass is 79.9. The van der Waals surface area contributed by atoms with E-state index in [1.54, 1.807) is 5.32 Å². The molecule has 39 heavy (non-hydrogen) atoms. The molecule has 0 radical (unpaired) electrons. The van der Waals surface area contributed by atoms with Crippen molar-refractivity contribution in [2.75, 3.05) is 6.54 Å². The van der Waals surface area contributed by atoms with Crippen LogP contribution < -0.4 is 10.6 Å². The van der Waals surface area contributed by atoms with Gasteiger partial charge in [0.1, 0.15) is 24.3 Å². The van der Waals surface area contributed by atoms with Crippen molar-refractivity contribution < 1.29 is 53.5 Å². The molecule has 2 atom stereocenters. The number of allylic oxidation sites excluding steroid dienone is 1. The van der Waals surface area contributed by atoms with E-state index in [9.17, 15) is 53.5 Å². The number of halogens is 12. The number of hydrogen-bond donors (Lipinski definition) is 2. The van der Waals surface area contributed by atoms with Crippen LogP contribution in [-0.2, 0) is 11.0 Å². The fourth-order valence-corrected chi connectivity index (χ4v) is 4.07. The lowest BCUT2D eigenvalue weighted by atomic mass is 9.95. The van der Waals surface area contributed by atoms with Crippen molar-refractivity contribution in [3.63, 3.8) is 0 Å². The second-order valence-corrected chi connectivity index (χ2v) is 9.38. The Morgan fingerprint density at radius 2 is 1.62 bits per heavy atom. The molecule has 0 aromatic heterocycles. The van der Waals surface area contributed by atoms with Gasteiger partial charge in [-0.3, -0.25) is 9.59 Å². The molecule has 0 saturated carbocycles. The molecular formula is C23H16BrClF10N2O2. The normalized spacial score (nSPS) is 14.5. The molecule has 1 unspecified atom stereocenters. The highest BCUT2D eigenvalue weighted by molar-refractivity contribution is 9.10. The summed E-state index contributed by atoms with van der Waals surface area (Å²) in [5.41, 5.74) is -4.38. The van der Waals surface area contributed by atoms with Crippen LogP contribution >= 0.6 is 27.5 Å². The van der Waals surface area contributed by atoms with Gasteiger partial charge >= 0.3 is 18.5 Å². The van der Waals surface area contributed by atoms with Crippen LogP contribution in [0.2, 0.25) is 5.02 Å². The van der Waals surface area contributed by atoms with Crippen LogP contribution in [0.15, 0.2) is 46.9 Å². The van der Waals surface area contributed by atoms with Crippen LogP contribution in [0.5, 0.6) is 0 Å². The first kappa shape index (κ1) is 32.4. The summed E-state index contributed by atoms with van der Waals surface area (Å²) in [5.74, 6) is -7.22. The summed E-state index contributed by atoms with van der Waals surface area (Å²) in [6.45, 7) is -0.857. The summed E-state index contributed by atoms with van der Waals surface area (Å²) in [6, 6.07) is 2.60. The maximum absolute atomic E-state index is 14.9. The highest BCUT2D eigenvalue weighted by Crippen LogP contribution is 2.41. The van der Waals surface area contributed by atoms with Gasteiger partial charge in [-0.15, -0.1) is 0 Å².